The summed E-state index contributed by atoms with van der Waals surface area (Å²) in [7, 11) is 0. The number of hydrogen-bond donors (Lipinski definition) is 3. The van der Waals surface area contributed by atoms with Gasteiger partial charge in [0.25, 0.3) is 0 Å². The molecule has 0 aromatic heterocycles. The molecule has 0 unspecified atom stereocenters. The summed E-state index contributed by atoms with van der Waals surface area (Å²) in [4.78, 5) is 22.0. The van der Waals surface area contributed by atoms with E-state index in [1.807, 2.05) is 13.8 Å². The fraction of sp³-hybridized carbons (Fsp3) is 0.778. The van der Waals surface area contributed by atoms with Crippen molar-refractivity contribution in [3.63, 3.8) is 0 Å². The summed E-state index contributed by atoms with van der Waals surface area (Å²) in [5, 5.41) is 5.17. The van der Waals surface area contributed by atoms with Crippen LogP contribution in [-0.4, -0.2) is 31.4 Å². The molecular weight excluding hydrogens is 182 g/mol. The average Bonchev–Trinajstić information content (AvgIpc) is 2.12. The summed E-state index contributed by atoms with van der Waals surface area (Å²) in [5.74, 6) is 0.0648. The molecule has 5 heteroatoms. The van der Waals surface area contributed by atoms with Crippen molar-refractivity contribution in [2.45, 2.75) is 20.3 Å². The summed E-state index contributed by atoms with van der Waals surface area (Å²) in [5.41, 5.74) is 5.17. The highest BCUT2D eigenvalue weighted by Crippen LogP contribution is 1.86. The van der Waals surface area contributed by atoms with E-state index < -0.39 is 0 Å². The van der Waals surface area contributed by atoms with Crippen molar-refractivity contribution in [2.24, 2.45) is 11.7 Å². The lowest BCUT2D eigenvalue weighted by molar-refractivity contribution is -0.126. The van der Waals surface area contributed by atoms with Gasteiger partial charge in [0, 0.05) is 19.5 Å². The lowest BCUT2D eigenvalue weighted by Crippen LogP contribution is -2.38. The highest BCUT2D eigenvalue weighted by molar-refractivity contribution is 5.84. The van der Waals surface area contributed by atoms with Crippen LogP contribution in [0.25, 0.3) is 0 Å². The lowest BCUT2D eigenvalue weighted by Gasteiger charge is -2.08. The topological polar surface area (TPSA) is 84.2 Å². The molecule has 0 bridgehead atoms. The van der Waals surface area contributed by atoms with Gasteiger partial charge < -0.3 is 16.4 Å². The molecule has 0 aromatic carbocycles. The minimum Gasteiger partial charge on any atom is -0.354 e. The second-order valence-electron chi connectivity index (χ2n) is 3.51. The van der Waals surface area contributed by atoms with Crippen LogP contribution in [0.3, 0.4) is 0 Å². The Labute approximate surface area is 84.4 Å². The van der Waals surface area contributed by atoms with Crippen LogP contribution in [0, 0.1) is 5.92 Å². The Balaban J connectivity index is 3.48. The van der Waals surface area contributed by atoms with Crippen molar-refractivity contribution >= 4 is 11.8 Å². The number of nitrogens with one attached hydrogen (secondary N) is 2. The highest BCUT2D eigenvalue weighted by atomic mass is 16.2. The van der Waals surface area contributed by atoms with Crippen LogP contribution in [0.2, 0.25) is 0 Å². The number of nitrogens with two attached hydrogens (primary N) is 1. The van der Waals surface area contributed by atoms with Crippen LogP contribution >= 0.6 is 0 Å². The molecule has 0 aromatic rings. The van der Waals surface area contributed by atoms with Gasteiger partial charge in [-0.3, -0.25) is 9.59 Å². The Morgan fingerprint density at radius 2 is 1.86 bits per heavy atom. The van der Waals surface area contributed by atoms with Gasteiger partial charge in [0.2, 0.25) is 11.8 Å². The van der Waals surface area contributed by atoms with Crippen LogP contribution in [0.5, 0.6) is 0 Å². The Bertz CT molecular complexity index is 192. The van der Waals surface area contributed by atoms with Crippen molar-refractivity contribution in [1.29, 1.82) is 0 Å². The third-order valence-corrected chi connectivity index (χ3v) is 1.52. The molecule has 82 valence electrons. The molecule has 14 heavy (non-hydrogen) atoms. The van der Waals surface area contributed by atoms with E-state index in [2.05, 4.69) is 10.6 Å². The van der Waals surface area contributed by atoms with E-state index in [9.17, 15) is 9.59 Å². The van der Waals surface area contributed by atoms with Gasteiger partial charge in [0.1, 0.15) is 0 Å². The minimum atomic E-state index is -0.188. The fourth-order valence-electron chi connectivity index (χ4n) is 0.779. The first kappa shape index (κ1) is 12.9. The van der Waals surface area contributed by atoms with E-state index in [0.717, 1.165) is 0 Å². The Hall–Kier alpha value is -1.10. The van der Waals surface area contributed by atoms with E-state index in [1.165, 1.54) is 0 Å². The molecule has 0 atom stereocenters. The highest BCUT2D eigenvalue weighted by Gasteiger charge is 2.04. The quantitative estimate of drug-likeness (QED) is 0.527. The molecule has 0 aliphatic heterocycles. The number of rotatable bonds is 6. The van der Waals surface area contributed by atoms with E-state index in [4.69, 9.17) is 5.73 Å². The molecular formula is C9H19N3O2. The monoisotopic (exact) mass is 201 g/mol. The molecule has 0 saturated carbocycles. The number of hydrogen-bond acceptors (Lipinski definition) is 3. The standard InChI is InChI=1S/C9H19N3O2/c1-7(2)5-11-9(14)6-12-8(13)3-4-10/h7H,3-6,10H2,1-2H3,(H,11,14)(H,12,13). The second-order valence-corrected chi connectivity index (χ2v) is 3.51. The van der Waals surface area contributed by atoms with Crippen LogP contribution < -0.4 is 16.4 Å². The van der Waals surface area contributed by atoms with E-state index in [0.29, 0.717) is 19.0 Å². The van der Waals surface area contributed by atoms with Crippen molar-refractivity contribution in [3.8, 4) is 0 Å². The van der Waals surface area contributed by atoms with Crippen LogP contribution in [-0.2, 0) is 9.59 Å². The molecule has 0 saturated heterocycles. The summed E-state index contributed by atoms with van der Waals surface area (Å²) < 4.78 is 0. The third-order valence-electron chi connectivity index (χ3n) is 1.52. The second kappa shape index (κ2) is 7.32. The smallest absolute Gasteiger partial charge is 0.239 e. The molecule has 0 aliphatic carbocycles. The molecule has 5 nitrogen and oxygen atoms in total. The predicted octanol–water partition coefficient (Wildman–Crippen LogP) is -0.776. The van der Waals surface area contributed by atoms with Crippen molar-refractivity contribution in [3.05, 3.63) is 0 Å². The van der Waals surface area contributed by atoms with Crippen LogP contribution in [0.15, 0.2) is 0 Å². The number of carbonyl (C=O) groups excluding carboxylic acids is 2. The molecule has 0 fully saturated rings. The predicted molar refractivity (Wildman–Crippen MR) is 54.5 cm³/mol. The zero-order chi connectivity index (χ0) is 11.0. The van der Waals surface area contributed by atoms with E-state index >= 15 is 0 Å². The maximum absolute atomic E-state index is 11.1. The van der Waals surface area contributed by atoms with Gasteiger partial charge in [-0.2, -0.15) is 0 Å². The average molecular weight is 201 g/mol. The van der Waals surface area contributed by atoms with Gasteiger partial charge in [-0.25, -0.2) is 0 Å². The summed E-state index contributed by atoms with van der Waals surface area (Å²) in [6.07, 6.45) is 0.261. The van der Waals surface area contributed by atoms with Gasteiger partial charge in [0.05, 0.1) is 6.54 Å². The molecule has 0 radical (unpaired) electrons. The van der Waals surface area contributed by atoms with Gasteiger partial charge in [0.15, 0.2) is 0 Å². The third kappa shape index (κ3) is 7.54. The van der Waals surface area contributed by atoms with Crippen LogP contribution in [0.4, 0.5) is 0 Å². The minimum absolute atomic E-state index is 0.0333. The lowest BCUT2D eigenvalue weighted by atomic mass is 10.2. The molecule has 2 amide bonds. The maximum atomic E-state index is 11.1. The maximum Gasteiger partial charge on any atom is 0.239 e. The largest absolute Gasteiger partial charge is 0.354 e. The number of amides is 2. The van der Waals surface area contributed by atoms with Crippen molar-refractivity contribution in [1.82, 2.24) is 10.6 Å². The van der Waals surface area contributed by atoms with Gasteiger partial charge in [-0.15, -0.1) is 0 Å². The first-order chi connectivity index (χ1) is 6.56. The van der Waals surface area contributed by atoms with Crippen molar-refractivity contribution in [2.75, 3.05) is 19.6 Å². The first-order valence-electron chi connectivity index (χ1n) is 4.79. The zero-order valence-corrected chi connectivity index (χ0v) is 8.80. The van der Waals surface area contributed by atoms with Gasteiger partial charge in [-0.1, -0.05) is 13.8 Å². The molecule has 0 heterocycles. The normalized spacial score (nSPS) is 10.0. The van der Waals surface area contributed by atoms with E-state index in [-0.39, 0.29) is 24.8 Å². The Morgan fingerprint density at radius 3 is 2.36 bits per heavy atom. The number of carbonyl (C=O) groups is 2. The van der Waals surface area contributed by atoms with Crippen molar-refractivity contribution < 1.29 is 9.59 Å². The Kier molecular flexibility index (Phi) is 6.74. The first-order valence-corrected chi connectivity index (χ1v) is 4.79. The van der Waals surface area contributed by atoms with Gasteiger partial charge in [-0.05, 0) is 5.92 Å². The van der Waals surface area contributed by atoms with Gasteiger partial charge >= 0.3 is 0 Å². The zero-order valence-electron chi connectivity index (χ0n) is 8.80. The summed E-state index contributed by atoms with van der Waals surface area (Å²) in [6.45, 7) is 4.98. The summed E-state index contributed by atoms with van der Waals surface area (Å²) >= 11 is 0. The van der Waals surface area contributed by atoms with E-state index in [1.54, 1.807) is 0 Å². The fourth-order valence-corrected chi connectivity index (χ4v) is 0.779. The summed E-state index contributed by atoms with van der Waals surface area (Å²) in [6, 6.07) is 0. The molecule has 0 spiro atoms. The molecule has 0 rings (SSSR count). The Morgan fingerprint density at radius 1 is 1.21 bits per heavy atom. The molecule has 4 N–H and O–H groups in total. The SMILES string of the molecule is CC(C)CNC(=O)CNC(=O)CCN. The van der Waals surface area contributed by atoms with Crippen LogP contribution in [0.1, 0.15) is 20.3 Å². The molecule has 0 aliphatic rings.